The van der Waals surface area contributed by atoms with Gasteiger partial charge in [-0.15, -0.1) is 0 Å². The highest BCUT2D eigenvalue weighted by Gasteiger charge is 2.22. The van der Waals surface area contributed by atoms with Crippen LogP contribution in [0, 0.1) is 6.92 Å². The van der Waals surface area contributed by atoms with Crippen molar-refractivity contribution in [1.29, 1.82) is 0 Å². The summed E-state index contributed by atoms with van der Waals surface area (Å²) in [6, 6.07) is 7.66. The summed E-state index contributed by atoms with van der Waals surface area (Å²) in [5.74, 6) is -1.71. The summed E-state index contributed by atoms with van der Waals surface area (Å²) in [7, 11) is 0. The number of hydrogen-bond acceptors (Lipinski definition) is 5. The highest BCUT2D eigenvalue weighted by molar-refractivity contribution is 5.98. The predicted octanol–water partition coefficient (Wildman–Crippen LogP) is 1.87. The van der Waals surface area contributed by atoms with Crippen LogP contribution in [0.5, 0.6) is 0 Å². The number of amides is 2. The van der Waals surface area contributed by atoms with Gasteiger partial charge in [0.2, 0.25) is 11.7 Å². The maximum Gasteiger partial charge on any atom is 0.375 e. The highest BCUT2D eigenvalue weighted by Crippen LogP contribution is 2.13. The number of nitrogens with two attached hydrogens (primary N) is 1. The zero-order valence-corrected chi connectivity index (χ0v) is 12.7. The van der Waals surface area contributed by atoms with E-state index in [0.717, 1.165) is 0 Å². The summed E-state index contributed by atoms with van der Waals surface area (Å²) >= 11 is 0. The Labute approximate surface area is 132 Å². The maximum absolute atomic E-state index is 12.0. The molecule has 2 amide bonds. The van der Waals surface area contributed by atoms with E-state index in [4.69, 9.17) is 14.9 Å². The number of furan rings is 1. The molecule has 0 radical (unpaired) electrons. The van der Waals surface area contributed by atoms with Crippen LogP contribution in [0.1, 0.15) is 33.4 Å². The van der Waals surface area contributed by atoms with Gasteiger partial charge < -0.3 is 20.2 Å². The fourth-order valence-electron chi connectivity index (χ4n) is 1.81. The van der Waals surface area contributed by atoms with E-state index in [1.807, 2.05) is 0 Å². The topological polar surface area (TPSA) is 112 Å². The van der Waals surface area contributed by atoms with E-state index in [-0.39, 0.29) is 5.76 Å². The normalized spacial score (nSPS) is 11.6. The minimum Gasteiger partial charge on any atom is -0.457 e. The number of benzene rings is 1. The number of carbonyl (C=O) groups is 3. The molecule has 0 saturated heterocycles. The predicted molar refractivity (Wildman–Crippen MR) is 81.9 cm³/mol. The summed E-state index contributed by atoms with van der Waals surface area (Å²) in [6.07, 6.45) is 0.361. The molecule has 1 heterocycles. The van der Waals surface area contributed by atoms with Crippen molar-refractivity contribution < 1.29 is 23.5 Å². The molecule has 1 aromatic heterocycles. The lowest BCUT2D eigenvalue weighted by Gasteiger charge is -2.13. The van der Waals surface area contributed by atoms with E-state index in [1.165, 1.54) is 37.5 Å². The molecule has 0 aliphatic carbocycles. The van der Waals surface area contributed by atoms with Crippen molar-refractivity contribution in [1.82, 2.24) is 0 Å². The zero-order valence-electron chi connectivity index (χ0n) is 12.7. The third-order valence-electron chi connectivity index (χ3n) is 3.14. The van der Waals surface area contributed by atoms with Gasteiger partial charge >= 0.3 is 5.97 Å². The van der Waals surface area contributed by atoms with E-state index in [2.05, 4.69) is 5.32 Å². The van der Waals surface area contributed by atoms with Gasteiger partial charge in [0.05, 0.1) is 6.26 Å². The van der Waals surface area contributed by atoms with Crippen molar-refractivity contribution >= 4 is 23.5 Å². The molecule has 0 spiro atoms. The number of aryl methyl sites for hydroxylation is 1. The van der Waals surface area contributed by atoms with Crippen LogP contribution in [-0.4, -0.2) is 23.9 Å². The largest absolute Gasteiger partial charge is 0.457 e. The molecule has 0 saturated carbocycles. The van der Waals surface area contributed by atoms with Crippen molar-refractivity contribution in [2.45, 2.75) is 20.0 Å². The molecule has 0 fully saturated rings. The minimum absolute atomic E-state index is 0.0652. The Kier molecular flexibility index (Phi) is 4.80. The van der Waals surface area contributed by atoms with Gasteiger partial charge in [0, 0.05) is 16.8 Å². The smallest absolute Gasteiger partial charge is 0.375 e. The molecular weight excluding hydrogens is 300 g/mol. The second kappa shape index (κ2) is 6.78. The Morgan fingerprint density at radius 2 is 1.83 bits per heavy atom. The molecule has 1 atom stereocenters. The molecular formula is C16H16N2O5. The van der Waals surface area contributed by atoms with Gasteiger partial charge in [0.15, 0.2) is 6.10 Å². The maximum atomic E-state index is 12.0. The first kappa shape index (κ1) is 16.3. The SMILES string of the molecule is Cc1ccoc1C(=O)OC(C)C(=O)Nc1ccc(C(N)=O)cc1. The lowest BCUT2D eigenvalue weighted by Crippen LogP contribution is -2.30. The van der Waals surface area contributed by atoms with Crippen molar-refractivity contribution in [3.63, 3.8) is 0 Å². The van der Waals surface area contributed by atoms with Crippen molar-refractivity contribution in [3.8, 4) is 0 Å². The second-order valence-electron chi connectivity index (χ2n) is 4.91. The number of anilines is 1. The average molecular weight is 316 g/mol. The number of primary amides is 1. The standard InChI is InChI=1S/C16H16N2O5/c1-9-7-8-22-13(9)16(21)23-10(2)15(20)18-12-5-3-11(4-6-12)14(17)19/h3-8,10H,1-2H3,(H2,17,19)(H,18,20). The van der Waals surface area contributed by atoms with Crippen LogP contribution in [0.25, 0.3) is 0 Å². The quantitative estimate of drug-likeness (QED) is 0.818. The van der Waals surface area contributed by atoms with Crippen LogP contribution >= 0.6 is 0 Å². The Hall–Kier alpha value is -3.09. The monoisotopic (exact) mass is 316 g/mol. The molecule has 2 aromatic rings. The van der Waals surface area contributed by atoms with Crippen LogP contribution < -0.4 is 11.1 Å². The summed E-state index contributed by atoms with van der Waals surface area (Å²) < 4.78 is 10.1. The third-order valence-corrected chi connectivity index (χ3v) is 3.14. The molecule has 1 unspecified atom stereocenters. The number of esters is 1. The van der Waals surface area contributed by atoms with Crippen LogP contribution in [0.4, 0.5) is 5.69 Å². The van der Waals surface area contributed by atoms with Gasteiger partial charge in [-0.2, -0.15) is 0 Å². The van der Waals surface area contributed by atoms with Gasteiger partial charge in [-0.25, -0.2) is 4.79 Å². The Morgan fingerprint density at radius 1 is 1.17 bits per heavy atom. The molecule has 2 rings (SSSR count). The number of rotatable bonds is 5. The lowest BCUT2D eigenvalue weighted by atomic mass is 10.2. The summed E-state index contributed by atoms with van der Waals surface area (Å²) in [6.45, 7) is 3.15. The van der Waals surface area contributed by atoms with Gasteiger partial charge in [0.25, 0.3) is 5.91 Å². The van der Waals surface area contributed by atoms with Gasteiger partial charge in [0.1, 0.15) is 0 Å². The number of hydrogen-bond donors (Lipinski definition) is 2. The number of nitrogens with one attached hydrogen (secondary N) is 1. The molecule has 0 bridgehead atoms. The second-order valence-corrected chi connectivity index (χ2v) is 4.91. The Bertz CT molecular complexity index is 733. The van der Waals surface area contributed by atoms with E-state index in [1.54, 1.807) is 13.0 Å². The Morgan fingerprint density at radius 3 is 2.35 bits per heavy atom. The molecule has 7 nitrogen and oxygen atoms in total. The molecule has 0 aliphatic rings. The van der Waals surface area contributed by atoms with E-state index >= 15 is 0 Å². The van der Waals surface area contributed by atoms with Crippen LogP contribution in [0.2, 0.25) is 0 Å². The first-order chi connectivity index (χ1) is 10.9. The number of ether oxygens (including phenoxy) is 1. The summed E-state index contributed by atoms with van der Waals surface area (Å²) in [4.78, 5) is 34.8. The molecule has 120 valence electrons. The average Bonchev–Trinajstić information content (AvgIpc) is 2.93. The summed E-state index contributed by atoms with van der Waals surface area (Å²) in [5.41, 5.74) is 6.55. The molecule has 7 heteroatoms. The third kappa shape index (κ3) is 3.97. The molecule has 1 aromatic carbocycles. The molecule has 0 aliphatic heterocycles. The fraction of sp³-hybridized carbons (Fsp3) is 0.188. The fourth-order valence-corrected chi connectivity index (χ4v) is 1.81. The van der Waals surface area contributed by atoms with Gasteiger partial charge in [-0.05, 0) is 44.2 Å². The van der Waals surface area contributed by atoms with Crippen LogP contribution in [-0.2, 0) is 9.53 Å². The minimum atomic E-state index is -1.01. The molecule has 3 N–H and O–H groups in total. The first-order valence-electron chi connectivity index (χ1n) is 6.84. The van der Waals surface area contributed by atoms with Crippen LogP contribution in [0.3, 0.4) is 0 Å². The first-order valence-corrected chi connectivity index (χ1v) is 6.84. The van der Waals surface area contributed by atoms with Gasteiger partial charge in [-0.3, -0.25) is 9.59 Å². The van der Waals surface area contributed by atoms with E-state index in [9.17, 15) is 14.4 Å². The van der Waals surface area contributed by atoms with Crippen molar-refractivity contribution in [2.24, 2.45) is 5.73 Å². The van der Waals surface area contributed by atoms with Crippen molar-refractivity contribution in [3.05, 3.63) is 53.5 Å². The summed E-state index contributed by atoms with van der Waals surface area (Å²) in [5, 5.41) is 2.57. The molecule has 23 heavy (non-hydrogen) atoms. The number of carbonyl (C=O) groups excluding carboxylic acids is 3. The van der Waals surface area contributed by atoms with Crippen LogP contribution in [0.15, 0.2) is 41.0 Å². The Balaban J connectivity index is 1.96. The van der Waals surface area contributed by atoms with Crippen molar-refractivity contribution in [2.75, 3.05) is 5.32 Å². The van der Waals surface area contributed by atoms with E-state index in [0.29, 0.717) is 16.8 Å². The van der Waals surface area contributed by atoms with Gasteiger partial charge in [-0.1, -0.05) is 0 Å². The van der Waals surface area contributed by atoms with E-state index < -0.39 is 23.9 Å². The highest BCUT2D eigenvalue weighted by atomic mass is 16.6. The lowest BCUT2D eigenvalue weighted by molar-refractivity contribution is -0.123. The zero-order chi connectivity index (χ0) is 17.0.